The summed E-state index contributed by atoms with van der Waals surface area (Å²) in [6, 6.07) is 7.19. The number of nitrogens with zero attached hydrogens (tertiary/aromatic N) is 4. The first-order valence-electron chi connectivity index (χ1n) is 8.02. The number of sulfonamides is 1. The summed E-state index contributed by atoms with van der Waals surface area (Å²) in [5.41, 5.74) is 8.96. The average Bonchev–Trinajstić information content (AvgIpc) is 2.97. The first kappa shape index (κ1) is 17.9. The first-order chi connectivity index (χ1) is 12.3. The summed E-state index contributed by atoms with van der Waals surface area (Å²) in [6.45, 7) is 7.32. The molecule has 26 heavy (non-hydrogen) atoms. The zero-order chi connectivity index (χ0) is 18.9. The molecule has 0 spiro atoms. The van der Waals surface area contributed by atoms with Crippen molar-refractivity contribution in [3.63, 3.8) is 0 Å². The fourth-order valence-electron chi connectivity index (χ4n) is 2.64. The van der Waals surface area contributed by atoms with Crippen LogP contribution in [0.3, 0.4) is 0 Å². The Morgan fingerprint density at radius 1 is 1.27 bits per heavy atom. The predicted octanol–water partition coefficient (Wildman–Crippen LogP) is 2.47. The minimum absolute atomic E-state index is 0.135. The minimum Gasteiger partial charge on any atom is -0.383 e. The van der Waals surface area contributed by atoms with Crippen LogP contribution in [0.2, 0.25) is 0 Å². The lowest BCUT2D eigenvalue weighted by atomic mass is 10.1. The van der Waals surface area contributed by atoms with Gasteiger partial charge in [-0.2, -0.15) is 5.10 Å². The lowest BCUT2D eigenvalue weighted by Gasteiger charge is -2.06. The minimum atomic E-state index is -3.52. The maximum absolute atomic E-state index is 11.5. The number of hydrogen-bond donors (Lipinski definition) is 2. The third kappa shape index (κ3) is 3.52. The molecule has 3 N–H and O–H groups in total. The Morgan fingerprint density at radius 2 is 1.96 bits per heavy atom. The molecule has 0 radical (unpaired) electrons. The topological polar surface area (TPSA) is 116 Å². The van der Waals surface area contributed by atoms with Crippen LogP contribution in [0.5, 0.6) is 0 Å². The summed E-state index contributed by atoms with van der Waals surface area (Å²) in [5.74, 6) is 0.396. The van der Waals surface area contributed by atoms with Crippen LogP contribution in [-0.4, -0.2) is 28.2 Å². The smallest absolute Gasteiger partial charge is 0.254 e. The molecule has 3 aromatic rings. The maximum Gasteiger partial charge on any atom is 0.254 e. The molecular formula is C17H20N6O2S. The zero-order valence-corrected chi connectivity index (χ0v) is 15.4. The van der Waals surface area contributed by atoms with Gasteiger partial charge in [-0.25, -0.2) is 23.1 Å². The van der Waals surface area contributed by atoms with Crippen LogP contribution in [-0.2, 0) is 16.4 Å². The highest BCUT2D eigenvalue weighted by Gasteiger charge is 2.17. The molecule has 2 aromatic heterocycles. The van der Waals surface area contributed by atoms with E-state index in [2.05, 4.69) is 26.4 Å². The number of rotatable bonds is 6. The van der Waals surface area contributed by atoms with Gasteiger partial charge in [-0.05, 0) is 31.5 Å². The van der Waals surface area contributed by atoms with E-state index in [9.17, 15) is 8.42 Å². The molecule has 0 saturated heterocycles. The SMILES string of the molecule is C=CS(=O)(=O)Nc1ccc(Cc2nn(C(C)C)c3ncnc(N)c23)cc1. The summed E-state index contributed by atoms with van der Waals surface area (Å²) in [7, 11) is -3.52. The maximum atomic E-state index is 11.5. The number of anilines is 2. The van der Waals surface area contributed by atoms with Gasteiger partial charge in [-0.1, -0.05) is 18.7 Å². The van der Waals surface area contributed by atoms with Crippen LogP contribution in [0.4, 0.5) is 11.5 Å². The van der Waals surface area contributed by atoms with E-state index in [1.807, 2.05) is 30.7 Å². The van der Waals surface area contributed by atoms with E-state index in [-0.39, 0.29) is 6.04 Å². The molecule has 0 saturated carbocycles. The summed E-state index contributed by atoms with van der Waals surface area (Å²) in [5, 5.41) is 6.27. The summed E-state index contributed by atoms with van der Waals surface area (Å²) >= 11 is 0. The average molecular weight is 372 g/mol. The van der Waals surface area contributed by atoms with Crippen LogP contribution < -0.4 is 10.5 Å². The van der Waals surface area contributed by atoms with Crippen LogP contribution >= 0.6 is 0 Å². The molecule has 2 heterocycles. The number of benzene rings is 1. The molecule has 0 aliphatic heterocycles. The van der Waals surface area contributed by atoms with Crippen molar-refractivity contribution in [1.29, 1.82) is 0 Å². The van der Waals surface area contributed by atoms with Crippen molar-refractivity contribution in [3.05, 3.63) is 53.8 Å². The van der Waals surface area contributed by atoms with Gasteiger partial charge in [0.25, 0.3) is 10.0 Å². The van der Waals surface area contributed by atoms with E-state index in [0.717, 1.165) is 22.1 Å². The van der Waals surface area contributed by atoms with Crippen molar-refractivity contribution in [2.45, 2.75) is 26.3 Å². The largest absolute Gasteiger partial charge is 0.383 e. The molecule has 8 nitrogen and oxygen atoms in total. The Bertz CT molecular complexity index is 1050. The number of nitrogens with one attached hydrogen (secondary N) is 1. The van der Waals surface area contributed by atoms with Gasteiger partial charge in [0, 0.05) is 23.6 Å². The van der Waals surface area contributed by atoms with Crippen LogP contribution in [0, 0.1) is 0 Å². The number of hydrogen-bond acceptors (Lipinski definition) is 6. The van der Waals surface area contributed by atoms with Gasteiger partial charge < -0.3 is 5.73 Å². The first-order valence-corrected chi connectivity index (χ1v) is 9.57. The van der Waals surface area contributed by atoms with Gasteiger partial charge in [0.15, 0.2) is 5.65 Å². The molecule has 3 rings (SSSR count). The van der Waals surface area contributed by atoms with Crippen LogP contribution in [0.1, 0.15) is 31.1 Å². The highest BCUT2D eigenvalue weighted by molar-refractivity contribution is 7.95. The van der Waals surface area contributed by atoms with Crippen molar-refractivity contribution in [1.82, 2.24) is 19.7 Å². The second-order valence-corrected chi connectivity index (χ2v) is 7.76. The molecule has 0 fully saturated rings. The second-order valence-electron chi connectivity index (χ2n) is 6.13. The molecule has 136 valence electrons. The highest BCUT2D eigenvalue weighted by atomic mass is 32.2. The molecule has 0 atom stereocenters. The van der Waals surface area contributed by atoms with Gasteiger partial charge in [0.05, 0.1) is 11.1 Å². The fraction of sp³-hybridized carbons (Fsp3) is 0.235. The normalized spacial score (nSPS) is 11.8. The van der Waals surface area contributed by atoms with Crippen molar-refractivity contribution in [2.75, 3.05) is 10.5 Å². The Labute approximate surface area is 151 Å². The fourth-order valence-corrected chi connectivity index (χ4v) is 3.19. The Balaban J connectivity index is 1.93. The number of fused-ring (bicyclic) bond motifs is 1. The quantitative estimate of drug-likeness (QED) is 0.687. The Kier molecular flexibility index (Phi) is 4.64. The van der Waals surface area contributed by atoms with Crippen molar-refractivity contribution < 1.29 is 8.42 Å². The lowest BCUT2D eigenvalue weighted by Crippen LogP contribution is -2.08. The van der Waals surface area contributed by atoms with E-state index in [4.69, 9.17) is 5.73 Å². The van der Waals surface area contributed by atoms with Gasteiger partial charge in [0.1, 0.15) is 12.1 Å². The molecular weight excluding hydrogens is 352 g/mol. The van der Waals surface area contributed by atoms with E-state index in [0.29, 0.717) is 23.6 Å². The Hall–Kier alpha value is -2.94. The Morgan fingerprint density at radius 3 is 2.58 bits per heavy atom. The molecule has 0 unspecified atom stereocenters. The van der Waals surface area contributed by atoms with Crippen molar-refractivity contribution in [3.8, 4) is 0 Å². The molecule has 9 heteroatoms. The lowest BCUT2D eigenvalue weighted by molar-refractivity contribution is 0.541. The van der Waals surface area contributed by atoms with Crippen LogP contribution in [0.25, 0.3) is 11.0 Å². The van der Waals surface area contributed by atoms with Crippen molar-refractivity contribution >= 4 is 32.6 Å². The molecule has 0 amide bonds. The van der Waals surface area contributed by atoms with E-state index in [1.54, 1.807) is 12.1 Å². The van der Waals surface area contributed by atoms with Crippen molar-refractivity contribution in [2.24, 2.45) is 0 Å². The van der Waals surface area contributed by atoms with Gasteiger partial charge >= 0.3 is 0 Å². The summed E-state index contributed by atoms with van der Waals surface area (Å²) in [6.07, 6.45) is 1.96. The third-order valence-corrected chi connectivity index (χ3v) is 4.84. The number of nitrogen functional groups attached to an aromatic ring is 1. The van der Waals surface area contributed by atoms with Gasteiger partial charge in [-0.3, -0.25) is 4.72 Å². The number of aromatic nitrogens is 4. The summed E-state index contributed by atoms with van der Waals surface area (Å²) in [4.78, 5) is 8.39. The van der Waals surface area contributed by atoms with Gasteiger partial charge in [-0.15, -0.1) is 0 Å². The molecule has 0 bridgehead atoms. The molecule has 1 aromatic carbocycles. The highest BCUT2D eigenvalue weighted by Crippen LogP contribution is 2.26. The van der Waals surface area contributed by atoms with Gasteiger partial charge in [0.2, 0.25) is 0 Å². The van der Waals surface area contributed by atoms with E-state index < -0.39 is 10.0 Å². The zero-order valence-electron chi connectivity index (χ0n) is 14.5. The second kappa shape index (κ2) is 6.75. The monoisotopic (exact) mass is 372 g/mol. The van der Waals surface area contributed by atoms with E-state index >= 15 is 0 Å². The summed E-state index contributed by atoms with van der Waals surface area (Å²) < 4.78 is 27.3. The predicted molar refractivity (Wildman–Crippen MR) is 102 cm³/mol. The standard InChI is InChI=1S/C17H20N6O2S/c1-4-26(24,25)22-13-7-5-12(6-8-13)9-14-15-16(18)19-10-20-17(15)23(21-14)11(2)3/h4-8,10-11,22H,1,9H2,2-3H3,(H2,18,19,20). The number of nitrogens with two attached hydrogens (primary N) is 1. The molecule has 0 aliphatic rings. The van der Waals surface area contributed by atoms with E-state index in [1.165, 1.54) is 6.33 Å². The van der Waals surface area contributed by atoms with Crippen LogP contribution in [0.15, 0.2) is 42.6 Å². The molecule has 0 aliphatic carbocycles. The third-order valence-electron chi connectivity index (χ3n) is 3.88.